The number of nitrogens with one attached hydrogen (secondary N) is 2. The molecule has 1 saturated heterocycles. The Kier molecular flexibility index (Phi) is 5.11. The molecule has 0 radical (unpaired) electrons. The minimum Gasteiger partial charge on any atom is -0.364 e. The van der Waals surface area contributed by atoms with Gasteiger partial charge in [0.05, 0.1) is 11.2 Å². The van der Waals surface area contributed by atoms with E-state index in [1.807, 2.05) is 58.5 Å². The van der Waals surface area contributed by atoms with Crippen LogP contribution in [0.15, 0.2) is 66.7 Å². The zero-order valence-corrected chi connectivity index (χ0v) is 19.0. The molecule has 7 heteroatoms. The first-order valence-electron chi connectivity index (χ1n) is 11.7. The van der Waals surface area contributed by atoms with Gasteiger partial charge in [0, 0.05) is 29.2 Å². The number of hydrogen-bond donors (Lipinski definition) is 2. The summed E-state index contributed by atoms with van der Waals surface area (Å²) in [6, 6.07) is 22.6. The lowest BCUT2D eigenvalue weighted by Gasteiger charge is -2.15. The van der Waals surface area contributed by atoms with Crippen LogP contribution < -0.4 is 10.6 Å². The van der Waals surface area contributed by atoms with Gasteiger partial charge in [-0.25, -0.2) is 4.52 Å². The Bertz CT molecular complexity index is 1490. The molecule has 3 aromatic heterocycles. The van der Waals surface area contributed by atoms with E-state index in [1.54, 1.807) is 0 Å². The van der Waals surface area contributed by atoms with E-state index in [1.165, 1.54) is 5.56 Å². The largest absolute Gasteiger partial charge is 0.364 e. The van der Waals surface area contributed by atoms with Crippen LogP contribution in [0.5, 0.6) is 0 Å². The van der Waals surface area contributed by atoms with Crippen LogP contribution >= 0.6 is 0 Å². The Morgan fingerprint density at radius 2 is 1.97 bits per heavy atom. The standard InChI is InChI=1S/C27H26N6O/c1-18-15-21-20(17-34)9-5-11-23(21)32(18)27-30-26(29-16-19-7-3-2-4-8-19)25-13-12-24(33(25)31-27)22-10-6-14-28-22/h2-5,7-9,11-13,15,17,22,28H,6,10,14,16H2,1H3,(H,29,30,31). The summed E-state index contributed by atoms with van der Waals surface area (Å²) >= 11 is 0. The molecule has 6 rings (SSSR count). The summed E-state index contributed by atoms with van der Waals surface area (Å²) in [5.41, 5.74) is 5.84. The molecule has 2 N–H and O–H groups in total. The summed E-state index contributed by atoms with van der Waals surface area (Å²) in [5.74, 6) is 1.36. The van der Waals surface area contributed by atoms with Crippen molar-refractivity contribution in [2.24, 2.45) is 0 Å². The summed E-state index contributed by atoms with van der Waals surface area (Å²) in [4.78, 5) is 16.6. The summed E-state index contributed by atoms with van der Waals surface area (Å²) in [5, 5.41) is 13.0. The summed E-state index contributed by atoms with van der Waals surface area (Å²) in [6.07, 6.45) is 3.15. The van der Waals surface area contributed by atoms with Crippen molar-refractivity contribution >= 4 is 28.5 Å². The number of carbonyl (C=O) groups excluding carboxylic acids is 1. The minimum absolute atomic E-state index is 0.274. The normalized spacial score (nSPS) is 15.9. The number of fused-ring (bicyclic) bond motifs is 2. The van der Waals surface area contributed by atoms with Crippen LogP contribution in [0.25, 0.3) is 22.4 Å². The smallest absolute Gasteiger partial charge is 0.254 e. The maximum absolute atomic E-state index is 11.6. The van der Waals surface area contributed by atoms with Gasteiger partial charge in [0.25, 0.3) is 5.95 Å². The fourth-order valence-electron chi connectivity index (χ4n) is 4.97. The topological polar surface area (TPSA) is 76.2 Å². The van der Waals surface area contributed by atoms with Crippen molar-refractivity contribution in [3.8, 4) is 5.95 Å². The van der Waals surface area contributed by atoms with Gasteiger partial charge in [0.2, 0.25) is 0 Å². The second-order valence-corrected chi connectivity index (χ2v) is 8.82. The molecule has 0 saturated carbocycles. The zero-order valence-electron chi connectivity index (χ0n) is 19.0. The molecule has 0 bridgehead atoms. The van der Waals surface area contributed by atoms with Gasteiger partial charge in [-0.2, -0.15) is 4.98 Å². The van der Waals surface area contributed by atoms with Crippen molar-refractivity contribution in [2.75, 3.05) is 11.9 Å². The monoisotopic (exact) mass is 450 g/mol. The molecule has 1 fully saturated rings. The third-order valence-corrected chi connectivity index (χ3v) is 6.64. The van der Waals surface area contributed by atoms with E-state index in [-0.39, 0.29) is 6.04 Å². The molecule has 0 amide bonds. The van der Waals surface area contributed by atoms with E-state index in [0.717, 1.165) is 59.3 Å². The molecule has 170 valence electrons. The minimum atomic E-state index is 0.274. The number of hydrogen-bond acceptors (Lipinski definition) is 5. The first kappa shape index (κ1) is 20.6. The summed E-state index contributed by atoms with van der Waals surface area (Å²) in [7, 11) is 0. The van der Waals surface area contributed by atoms with Crippen molar-refractivity contribution in [3.63, 3.8) is 0 Å². The third kappa shape index (κ3) is 3.45. The highest BCUT2D eigenvalue weighted by molar-refractivity contribution is 5.98. The fourth-order valence-corrected chi connectivity index (χ4v) is 4.97. The van der Waals surface area contributed by atoms with E-state index in [0.29, 0.717) is 18.1 Å². The third-order valence-electron chi connectivity index (χ3n) is 6.64. The van der Waals surface area contributed by atoms with Crippen LogP contribution in [0.3, 0.4) is 0 Å². The maximum atomic E-state index is 11.6. The number of aromatic nitrogens is 4. The van der Waals surface area contributed by atoms with Crippen LogP contribution in [0.2, 0.25) is 0 Å². The van der Waals surface area contributed by atoms with Gasteiger partial charge in [-0.3, -0.25) is 9.36 Å². The molecule has 1 unspecified atom stereocenters. The number of rotatable bonds is 6. The Morgan fingerprint density at radius 1 is 1.09 bits per heavy atom. The van der Waals surface area contributed by atoms with Gasteiger partial charge in [0.1, 0.15) is 5.52 Å². The van der Waals surface area contributed by atoms with Gasteiger partial charge in [-0.05, 0) is 56.1 Å². The number of nitrogens with zero attached hydrogens (tertiary/aromatic N) is 4. The Hall–Kier alpha value is -3.97. The van der Waals surface area contributed by atoms with E-state index in [9.17, 15) is 4.79 Å². The summed E-state index contributed by atoms with van der Waals surface area (Å²) < 4.78 is 4.05. The van der Waals surface area contributed by atoms with Gasteiger partial charge in [0.15, 0.2) is 12.1 Å². The molecule has 0 spiro atoms. The van der Waals surface area contributed by atoms with Crippen molar-refractivity contribution in [1.82, 2.24) is 24.5 Å². The molecular weight excluding hydrogens is 424 g/mol. The highest BCUT2D eigenvalue weighted by atomic mass is 16.1. The highest BCUT2D eigenvalue weighted by Gasteiger charge is 2.23. The molecule has 1 atom stereocenters. The first-order chi connectivity index (χ1) is 16.7. The predicted molar refractivity (Wildman–Crippen MR) is 134 cm³/mol. The van der Waals surface area contributed by atoms with E-state index < -0.39 is 0 Å². The van der Waals surface area contributed by atoms with Crippen LogP contribution in [0.1, 0.15) is 46.2 Å². The molecule has 1 aliphatic rings. The average molecular weight is 451 g/mol. The van der Waals surface area contributed by atoms with E-state index in [4.69, 9.17) is 10.1 Å². The van der Waals surface area contributed by atoms with Crippen molar-refractivity contribution in [2.45, 2.75) is 32.4 Å². The molecule has 7 nitrogen and oxygen atoms in total. The Labute approximate surface area is 197 Å². The molecule has 4 heterocycles. The molecule has 2 aromatic carbocycles. The SMILES string of the molecule is Cc1cc2c(C=O)cccc2n1-c1nc(NCc2ccccc2)c2ccc(C3CCCN3)n2n1. The van der Waals surface area contributed by atoms with Crippen molar-refractivity contribution in [1.29, 1.82) is 0 Å². The van der Waals surface area contributed by atoms with Gasteiger partial charge in [-0.15, -0.1) is 5.10 Å². The van der Waals surface area contributed by atoms with Crippen LogP contribution in [0, 0.1) is 6.92 Å². The van der Waals surface area contributed by atoms with Gasteiger partial charge >= 0.3 is 0 Å². The second-order valence-electron chi connectivity index (χ2n) is 8.82. The Balaban J connectivity index is 1.53. The second kappa shape index (κ2) is 8.43. The number of benzene rings is 2. The van der Waals surface area contributed by atoms with Crippen molar-refractivity contribution < 1.29 is 4.79 Å². The predicted octanol–water partition coefficient (Wildman–Crippen LogP) is 4.83. The van der Waals surface area contributed by atoms with Gasteiger partial charge < -0.3 is 10.6 Å². The maximum Gasteiger partial charge on any atom is 0.254 e. The summed E-state index contributed by atoms with van der Waals surface area (Å²) in [6.45, 7) is 3.70. The molecule has 34 heavy (non-hydrogen) atoms. The molecule has 0 aliphatic carbocycles. The van der Waals surface area contributed by atoms with Crippen LogP contribution in [0.4, 0.5) is 5.82 Å². The lowest BCUT2D eigenvalue weighted by atomic mass is 10.1. The lowest BCUT2D eigenvalue weighted by molar-refractivity contribution is 0.112. The van der Waals surface area contributed by atoms with Gasteiger partial charge in [-0.1, -0.05) is 42.5 Å². The van der Waals surface area contributed by atoms with E-state index in [2.05, 4.69) is 34.9 Å². The first-order valence-corrected chi connectivity index (χ1v) is 11.7. The molecule has 1 aliphatic heterocycles. The lowest BCUT2D eigenvalue weighted by Crippen LogP contribution is -2.17. The Morgan fingerprint density at radius 3 is 2.76 bits per heavy atom. The number of aldehydes is 1. The average Bonchev–Trinajstić information content (AvgIpc) is 3.60. The van der Waals surface area contributed by atoms with Crippen molar-refractivity contribution in [3.05, 3.63) is 89.2 Å². The number of anilines is 1. The number of aryl methyl sites for hydroxylation is 1. The quantitative estimate of drug-likeness (QED) is 0.363. The van der Waals surface area contributed by atoms with Crippen LogP contribution in [-0.2, 0) is 6.54 Å². The highest BCUT2D eigenvalue weighted by Crippen LogP contribution is 2.30. The number of carbonyl (C=O) groups is 1. The van der Waals surface area contributed by atoms with Crippen LogP contribution in [-0.4, -0.2) is 32.0 Å². The van der Waals surface area contributed by atoms with E-state index >= 15 is 0 Å². The zero-order chi connectivity index (χ0) is 23.1. The molecular formula is C27H26N6O. The fraction of sp³-hybridized carbons (Fsp3) is 0.222. The molecule has 5 aromatic rings.